The highest BCUT2D eigenvalue weighted by Crippen LogP contribution is 2.49. The molecule has 0 saturated heterocycles. The number of halogens is 22. The lowest BCUT2D eigenvalue weighted by atomic mass is 10.2. The summed E-state index contributed by atoms with van der Waals surface area (Å²) in [7, 11) is 0. The second kappa shape index (κ2) is 10.9. The number of hydrogen-bond acceptors (Lipinski definition) is 5. The molecule has 0 rings (SSSR count). The van der Waals surface area contributed by atoms with Crippen molar-refractivity contribution in [1.82, 2.24) is 0 Å². The van der Waals surface area contributed by atoms with Gasteiger partial charge in [-0.3, -0.25) is 0 Å². The van der Waals surface area contributed by atoms with Crippen molar-refractivity contribution in [3.8, 4) is 0 Å². The van der Waals surface area contributed by atoms with E-state index in [0.29, 0.717) is 0 Å². The molecule has 5 nitrogen and oxygen atoms in total. The van der Waals surface area contributed by atoms with Gasteiger partial charge in [0, 0.05) is 0 Å². The molecular formula is C12F22O5. The van der Waals surface area contributed by atoms with Crippen LogP contribution in [0.15, 0.2) is 23.7 Å². The first-order valence-corrected chi connectivity index (χ1v) is 7.70. The number of rotatable bonds is 12. The monoisotopic (exact) mass is 642 g/mol. The highest BCUT2D eigenvalue weighted by atomic mass is 19.4. The zero-order valence-corrected chi connectivity index (χ0v) is 16.4. The standard InChI is InChI=1S/C12F22O5/c13-1(5(17,18)7(21,22)36-11(31,32)38-9(25,26)27)3(15)35-4(16)2(14)6(19,20)8(23,24)37-12(33,34)39-10(28,29)30. The minimum Gasteiger partial charge on any atom is -0.400 e. The summed E-state index contributed by atoms with van der Waals surface area (Å²) in [6.07, 6.45) is -41.7. The molecular weight excluding hydrogens is 642 g/mol. The fraction of sp³-hybridized carbons (Fsp3) is 0.667. The number of alkyl halides is 18. The zero-order valence-electron chi connectivity index (χ0n) is 16.4. The average Bonchev–Trinajstić information content (AvgIpc) is 2.59. The molecule has 0 spiro atoms. The van der Waals surface area contributed by atoms with Crippen molar-refractivity contribution in [1.29, 1.82) is 0 Å². The molecule has 0 aromatic rings. The van der Waals surface area contributed by atoms with E-state index in [9.17, 15) is 96.6 Å². The van der Waals surface area contributed by atoms with E-state index >= 15 is 0 Å². The number of hydrogen-bond donors (Lipinski definition) is 0. The highest BCUT2D eigenvalue weighted by molar-refractivity contribution is 5.14. The Morgan fingerprint density at radius 3 is 0.795 bits per heavy atom. The molecule has 0 bridgehead atoms. The van der Waals surface area contributed by atoms with Crippen molar-refractivity contribution in [2.24, 2.45) is 0 Å². The third kappa shape index (κ3) is 9.92. The lowest BCUT2D eigenvalue weighted by molar-refractivity contribution is -0.549. The van der Waals surface area contributed by atoms with E-state index in [1.54, 1.807) is 0 Å². The fourth-order valence-electron chi connectivity index (χ4n) is 1.41. The maximum absolute atomic E-state index is 13.2. The van der Waals surface area contributed by atoms with Crippen molar-refractivity contribution in [3.05, 3.63) is 23.7 Å². The Hall–Kier alpha value is -2.42. The maximum Gasteiger partial charge on any atom is 0.529 e. The van der Waals surface area contributed by atoms with Crippen LogP contribution in [-0.4, -0.2) is 49.4 Å². The summed E-state index contributed by atoms with van der Waals surface area (Å²) in [5.74, 6) is -24.4. The second-order valence-corrected chi connectivity index (χ2v) is 5.69. The van der Waals surface area contributed by atoms with Gasteiger partial charge in [0.2, 0.25) is 0 Å². The third-order valence-electron chi connectivity index (χ3n) is 2.77. The Morgan fingerprint density at radius 1 is 0.359 bits per heavy atom. The van der Waals surface area contributed by atoms with Crippen LogP contribution in [0.5, 0.6) is 0 Å². The lowest BCUT2D eigenvalue weighted by Crippen LogP contribution is -2.50. The van der Waals surface area contributed by atoms with Crippen LogP contribution >= 0.6 is 0 Å². The van der Waals surface area contributed by atoms with Crippen molar-refractivity contribution in [2.45, 2.75) is 49.4 Å². The molecule has 0 aliphatic heterocycles. The Labute approximate surface area is 195 Å². The molecule has 0 fully saturated rings. The van der Waals surface area contributed by atoms with E-state index in [2.05, 4.69) is 4.74 Å². The van der Waals surface area contributed by atoms with E-state index in [-0.39, 0.29) is 0 Å². The van der Waals surface area contributed by atoms with Gasteiger partial charge in [0.1, 0.15) is 0 Å². The smallest absolute Gasteiger partial charge is 0.400 e. The lowest BCUT2D eigenvalue weighted by Gasteiger charge is -2.28. The molecule has 39 heavy (non-hydrogen) atoms. The van der Waals surface area contributed by atoms with Gasteiger partial charge in [0.05, 0.1) is 0 Å². The van der Waals surface area contributed by atoms with Crippen molar-refractivity contribution in [3.63, 3.8) is 0 Å². The van der Waals surface area contributed by atoms with E-state index in [1.165, 1.54) is 18.9 Å². The van der Waals surface area contributed by atoms with E-state index in [4.69, 9.17) is 0 Å². The van der Waals surface area contributed by atoms with Gasteiger partial charge in [-0.2, -0.15) is 62.2 Å². The predicted molar refractivity (Wildman–Crippen MR) is 65.7 cm³/mol. The summed E-state index contributed by atoms with van der Waals surface area (Å²) in [6.45, 7) is 0. The largest absolute Gasteiger partial charge is 0.529 e. The maximum atomic E-state index is 13.2. The summed E-state index contributed by atoms with van der Waals surface area (Å²) in [5.41, 5.74) is 0. The molecule has 0 atom stereocenters. The Morgan fingerprint density at radius 2 is 0.590 bits per heavy atom. The minimum atomic E-state index is -7.39. The summed E-state index contributed by atoms with van der Waals surface area (Å²) >= 11 is 0. The average molecular weight is 642 g/mol. The number of ether oxygens (including phenoxy) is 5. The van der Waals surface area contributed by atoms with Gasteiger partial charge in [0.15, 0.2) is 0 Å². The molecule has 0 heterocycles. The van der Waals surface area contributed by atoms with E-state index in [0.717, 1.165) is 0 Å². The topological polar surface area (TPSA) is 46.2 Å². The van der Waals surface area contributed by atoms with Crippen LogP contribution in [0.3, 0.4) is 0 Å². The van der Waals surface area contributed by atoms with Gasteiger partial charge >= 0.3 is 61.4 Å². The molecule has 0 N–H and O–H groups in total. The van der Waals surface area contributed by atoms with Crippen LogP contribution in [0, 0.1) is 0 Å². The Bertz CT molecular complexity index is 855. The molecule has 0 saturated carbocycles. The van der Waals surface area contributed by atoms with Gasteiger partial charge in [-0.15, -0.1) is 43.9 Å². The Kier molecular flexibility index (Phi) is 10.2. The summed E-state index contributed by atoms with van der Waals surface area (Å²) in [4.78, 5) is 0. The first-order valence-electron chi connectivity index (χ1n) is 7.70. The summed E-state index contributed by atoms with van der Waals surface area (Å²) in [5, 5.41) is 0. The van der Waals surface area contributed by atoms with E-state index in [1.807, 2.05) is 0 Å². The summed E-state index contributed by atoms with van der Waals surface area (Å²) in [6, 6.07) is -8.97. The van der Waals surface area contributed by atoms with Gasteiger partial charge < -0.3 is 4.74 Å². The molecule has 27 heteroatoms. The van der Waals surface area contributed by atoms with Crippen molar-refractivity contribution >= 4 is 0 Å². The molecule has 0 aliphatic rings. The Balaban J connectivity index is 6.16. The minimum absolute atomic E-state index is 1.48. The van der Waals surface area contributed by atoms with Crippen LogP contribution in [0.1, 0.15) is 0 Å². The molecule has 0 aliphatic carbocycles. The second-order valence-electron chi connectivity index (χ2n) is 5.69. The SMILES string of the molecule is FC(OC(F)=C(F)C(F)(F)C(F)(F)OC(F)(F)OC(F)(F)F)=C(F)C(F)(F)C(F)(F)OC(F)(F)OC(F)(F)F. The zero-order chi connectivity index (χ0) is 31.8. The molecule has 0 aromatic carbocycles. The summed E-state index contributed by atoms with van der Waals surface area (Å²) < 4.78 is 285. The first-order chi connectivity index (χ1) is 16.7. The third-order valence-corrected chi connectivity index (χ3v) is 2.77. The molecule has 0 radical (unpaired) electrons. The van der Waals surface area contributed by atoms with Crippen LogP contribution in [-0.2, 0) is 23.7 Å². The van der Waals surface area contributed by atoms with Crippen molar-refractivity contribution in [2.75, 3.05) is 0 Å². The van der Waals surface area contributed by atoms with Crippen molar-refractivity contribution < 1.29 is 120 Å². The normalized spacial score (nSPS) is 16.7. The molecule has 0 aromatic heterocycles. The molecule has 0 unspecified atom stereocenters. The molecule has 232 valence electrons. The van der Waals surface area contributed by atoms with E-state index < -0.39 is 73.1 Å². The predicted octanol–water partition coefficient (Wildman–Crippen LogP) is 7.88. The highest BCUT2D eigenvalue weighted by Gasteiger charge is 2.70. The van der Waals surface area contributed by atoms with Crippen LogP contribution < -0.4 is 0 Å². The van der Waals surface area contributed by atoms with Gasteiger partial charge in [-0.05, 0) is 0 Å². The van der Waals surface area contributed by atoms with Crippen LogP contribution in [0.4, 0.5) is 96.6 Å². The van der Waals surface area contributed by atoms with Gasteiger partial charge in [-0.25, -0.2) is 9.47 Å². The first kappa shape index (κ1) is 36.6. The molecule has 0 amide bonds. The van der Waals surface area contributed by atoms with Gasteiger partial charge in [-0.1, -0.05) is 0 Å². The van der Waals surface area contributed by atoms with Gasteiger partial charge in [0.25, 0.3) is 11.7 Å². The quantitative estimate of drug-likeness (QED) is 0.123. The van der Waals surface area contributed by atoms with Crippen LogP contribution in [0.25, 0.3) is 0 Å². The fourth-order valence-corrected chi connectivity index (χ4v) is 1.41. The van der Waals surface area contributed by atoms with Crippen LogP contribution in [0.2, 0.25) is 0 Å².